The Labute approximate surface area is 87.8 Å². The Balaban J connectivity index is 2.52. The maximum atomic E-state index is 5.80. The summed E-state index contributed by atoms with van der Waals surface area (Å²) in [6.07, 6.45) is 1.69. The third-order valence-electron chi connectivity index (χ3n) is 1.92. The second-order valence-electron chi connectivity index (χ2n) is 3.61. The summed E-state index contributed by atoms with van der Waals surface area (Å²) in [6.45, 7) is 4.03. The molecule has 0 spiro atoms. The fraction of sp³-hybridized carbons (Fsp3) is 0.300. The van der Waals surface area contributed by atoms with Gasteiger partial charge in [0.15, 0.2) is 5.65 Å². The van der Waals surface area contributed by atoms with E-state index in [-0.39, 0.29) is 6.04 Å². The van der Waals surface area contributed by atoms with Crippen LogP contribution in [-0.2, 0) is 0 Å². The van der Waals surface area contributed by atoms with Gasteiger partial charge in [-0.05, 0) is 26.0 Å². The van der Waals surface area contributed by atoms with E-state index in [9.17, 15) is 0 Å². The third-order valence-corrected chi connectivity index (χ3v) is 1.92. The molecule has 2 rings (SSSR count). The highest BCUT2D eigenvalue weighted by Gasteiger charge is 2.05. The van der Waals surface area contributed by atoms with Crippen LogP contribution in [0.5, 0.6) is 0 Å². The summed E-state index contributed by atoms with van der Waals surface area (Å²) in [4.78, 5) is 12.6. The van der Waals surface area contributed by atoms with Gasteiger partial charge >= 0.3 is 0 Å². The molecule has 0 saturated carbocycles. The van der Waals surface area contributed by atoms with Crippen LogP contribution in [0.25, 0.3) is 11.0 Å². The van der Waals surface area contributed by atoms with Crippen LogP contribution in [0.3, 0.4) is 0 Å². The monoisotopic (exact) mass is 203 g/mol. The topological polar surface area (TPSA) is 76.7 Å². The summed E-state index contributed by atoms with van der Waals surface area (Å²) in [5.74, 6) is 0.977. The van der Waals surface area contributed by atoms with E-state index in [1.165, 1.54) is 0 Å². The minimum atomic E-state index is 0.269. The smallest absolute Gasteiger partial charge is 0.226 e. The molecule has 0 atom stereocenters. The van der Waals surface area contributed by atoms with E-state index >= 15 is 0 Å². The van der Waals surface area contributed by atoms with Gasteiger partial charge in [-0.1, -0.05) is 0 Å². The fourth-order valence-electron chi connectivity index (χ4n) is 1.31. The lowest BCUT2D eigenvalue weighted by molar-refractivity contribution is 0.877. The summed E-state index contributed by atoms with van der Waals surface area (Å²) in [6, 6.07) is 3.94. The molecule has 0 bridgehead atoms. The lowest BCUT2D eigenvalue weighted by Gasteiger charge is -2.09. The predicted octanol–water partition coefficient (Wildman–Crippen LogP) is 1.43. The molecule has 0 aliphatic heterocycles. The van der Waals surface area contributed by atoms with Gasteiger partial charge in [0.2, 0.25) is 5.95 Å². The van der Waals surface area contributed by atoms with Gasteiger partial charge in [0, 0.05) is 12.2 Å². The maximum Gasteiger partial charge on any atom is 0.226 e. The van der Waals surface area contributed by atoms with Crippen LogP contribution in [-0.4, -0.2) is 21.0 Å². The van der Waals surface area contributed by atoms with Crippen molar-refractivity contribution in [3.8, 4) is 0 Å². The normalized spacial score (nSPS) is 10.9. The lowest BCUT2D eigenvalue weighted by Crippen LogP contribution is -2.13. The van der Waals surface area contributed by atoms with Crippen molar-refractivity contribution in [2.45, 2.75) is 19.9 Å². The maximum absolute atomic E-state index is 5.80. The van der Waals surface area contributed by atoms with Gasteiger partial charge in [-0.3, -0.25) is 0 Å². The second kappa shape index (κ2) is 3.68. The number of hydrogen-bond donors (Lipinski definition) is 2. The van der Waals surface area contributed by atoms with Gasteiger partial charge in [-0.2, -0.15) is 9.97 Å². The lowest BCUT2D eigenvalue weighted by atomic mass is 10.3. The molecule has 0 unspecified atom stereocenters. The fourth-order valence-corrected chi connectivity index (χ4v) is 1.31. The largest absolute Gasteiger partial charge is 0.383 e. The molecule has 78 valence electrons. The van der Waals surface area contributed by atoms with Crippen molar-refractivity contribution in [3.05, 3.63) is 18.3 Å². The summed E-state index contributed by atoms with van der Waals surface area (Å²) in [5.41, 5.74) is 6.42. The number of aromatic nitrogens is 3. The van der Waals surface area contributed by atoms with Crippen LogP contribution in [0.1, 0.15) is 13.8 Å². The SMILES string of the molecule is CC(C)Nc1nc(N)c2cccnc2n1. The van der Waals surface area contributed by atoms with Gasteiger partial charge < -0.3 is 11.1 Å². The van der Waals surface area contributed by atoms with E-state index in [0.717, 1.165) is 5.39 Å². The highest BCUT2D eigenvalue weighted by atomic mass is 15.1. The molecule has 0 amide bonds. The number of anilines is 2. The first-order valence-electron chi connectivity index (χ1n) is 4.81. The molecule has 0 aliphatic carbocycles. The van der Waals surface area contributed by atoms with E-state index in [2.05, 4.69) is 20.3 Å². The van der Waals surface area contributed by atoms with Gasteiger partial charge in [0.1, 0.15) is 5.82 Å². The van der Waals surface area contributed by atoms with Crippen LogP contribution in [0.15, 0.2) is 18.3 Å². The number of nitrogens with two attached hydrogens (primary N) is 1. The van der Waals surface area contributed by atoms with E-state index in [1.807, 2.05) is 26.0 Å². The van der Waals surface area contributed by atoms with E-state index in [4.69, 9.17) is 5.73 Å². The number of rotatable bonds is 2. The van der Waals surface area contributed by atoms with Gasteiger partial charge in [-0.25, -0.2) is 4.98 Å². The molecule has 15 heavy (non-hydrogen) atoms. The molecule has 2 aromatic rings. The molecule has 0 aliphatic rings. The predicted molar refractivity (Wildman–Crippen MR) is 60.5 cm³/mol. The molecular formula is C10H13N5. The molecule has 3 N–H and O–H groups in total. The van der Waals surface area contributed by atoms with Crippen molar-refractivity contribution >= 4 is 22.8 Å². The molecule has 5 nitrogen and oxygen atoms in total. The zero-order valence-corrected chi connectivity index (χ0v) is 8.73. The molecule has 0 saturated heterocycles. The molecule has 0 fully saturated rings. The van der Waals surface area contributed by atoms with Crippen molar-refractivity contribution in [2.75, 3.05) is 11.1 Å². The highest BCUT2D eigenvalue weighted by Crippen LogP contribution is 2.17. The minimum Gasteiger partial charge on any atom is -0.383 e. The first-order chi connectivity index (χ1) is 7.16. The minimum absolute atomic E-state index is 0.269. The van der Waals surface area contributed by atoms with Crippen molar-refractivity contribution in [2.24, 2.45) is 0 Å². The standard InChI is InChI=1S/C10H13N5/c1-6(2)13-10-14-8(11)7-4-3-5-12-9(7)15-10/h3-6H,1-2H3,(H3,11,12,13,14,15). The number of nitrogen functional groups attached to an aromatic ring is 1. The molecule has 2 aromatic heterocycles. The Morgan fingerprint density at radius 3 is 2.87 bits per heavy atom. The Morgan fingerprint density at radius 2 is 2.13 bits per heavy atom. The van der Waals surface area contributed by atoms with Crippen LogP contribution < -0.4 is 11.1 Å². The Kier molecular flexibility index (Phi) is 2.37. The first kappa shape index (κ1) is 9.64. The number of pyridine rings is 1. The van der Waals surface area contributed by atoms with E-state index in [0.29, 0.717) is 17.4 Å². The first-order valence-corrected chi connectivity index (χ1v) is 4.81. The van der Waals surface area contributed by atoms with Crippen LogP contribution in [0.4, 0.5) is 11.8 Å². The average Bonchev–Trinajstić information content (AvgIpc) is 2.16. The van der Waals surface area contributed by atoms with Crippen molar-refractivity contribution < 1.29 is 0 Å². The zero-order chi connectivity index (χ0) is 10.8. The summed E-state index contributed by atoms with van der Waals surface area (Å²) in [7, 11) is 0. The highest BCUT2D eigenvalue weighted by molar-refractivity contribution is 5.85. The summed E-state index contributed by atoms with van der Waals surface area (Å²) < 4.78 is 0. The third kappa shape index (κ3) is 1.96. The number of hydrogen-bond acceptors (Lipinski definition) is 5. The molecule has 0 radical (unpaired) electrons. The Hall–Kier alpha value is -1.91. The zero-order valence-electron chi connectivity index (χ0n) is 8.73. The molecule has 0 aromatic carbocycles. The number of fused-ring (bicyclic) bond motifs is 1. The number of nitrogens with one attached hydrogen (secondary N) is 1. The van der Waals surface area contributed by atoms with Gasteiger partial charge in [-0.15, -0.1) is 0 Å². The second-order valence-corrected chi connectivity index (χ2v) is 3.61. The van der Waals surface area contributed by atoms with Crippen molar-refractivity contribution in [1.29, 1.82) is 0 Å². The van der Waals surface area contributed by atoms with E-state index < -0.39 is 0 Å². The number of nitrogens with zero attached hydrogens (tertiary/aromatic N) is 3. The Morgan fingerprint density at radius 1 is 1.33 bits per heavy atom. The Bertz CT molecular complexity index is 480. The van der Waals surface area contributed by atoms with Crippen molar-refractivity contribution in [3.63, 3.8) is 0 Å². The average molecular weight is 203 g/mol. The summed E-state index contributed by atoms with van der Waals surface area (Å²) in [5, 5.41) is 3.88. The molecule has 2 heterocycles. The quantitative estimate of drug-likeness (QED) is 0.772. The van der Waals surface area contributed by atoms with E-state index in [1.54, 1.807) is 6.20 Å². The van der Waals surface area contributed by atoms with Crippen LogP contribution >= 0.6 is 0 Å². The molecular weight excluding hydrogens is 190 g/mol. The van der Waals surface area contributed by atoms with Gasteiger partial charge in [0.05, 0.1) is 5.39 Å². The molecule has 5 heteroatoms. The summed E-state index contributed by atoms with van der Waals surface area (Å²) >= 11 is 0. The van der Waals surface area contributed by atoms with Crippen molar-refractivity contribution in [1.82, 2.24) is 15.0 Å². The van der Waals surface area contributed by atoms with Gasteiger partial charge in [0.25, 0.3) is 0 Å². The van der Waals surface area contributed by atoms with Crippen LogP contribution in [0, 0.1) is 0 Å². The van der Waals surface area contributed by atoms with Crippen LogP contribution in [0.2, 0.25) is 0 Å².